The molecule has 0 aliphatic carbocycles. The predicted molar refractivity (Wildman–Crippen MR) is 113 cm³/mol. The number of carbonyl (C=O) groups excluding carboxylic acids is 1. The molecule has 0 saturated carbocycles. The smallest absolute Gasteiger partial charge is 0.244 e. The Hall–Kier alpha value is -4.13. The summed E-state index contributed by atoms with van der Waals surface area (Å²) in [7, 11) is 0. The Morgan fingerprint density at radius 3 is 2.50 bits per heavy atom. The molecule has 0 spiro atoms. The highest BCUT2D eigenvalue weighted by Crippen LogP contribution is 2.22. The molecular weight excluding hydrogens is 381 g/mol. The van der Waals surface area contributed by atoms with Gasteiger partial charge in [0.1, 0.15) is 11.5 Å². The minimum absolute atomic E-state index is 0.109. The van der Waals surface area contributed by atoms with Crippen LogP contribution >= 0.6 is 0 Å². The second-order valence-corrected chi connectivity index (χ2v) is 6.55. The number of benzene rings is 2. The van der Waals surface area contributed by atoms with Gasteiger partial charge in [0.2, 0.25) is 5.91 Å². The number of amides is 1. The Kier molecular flexibility index (Phi) is 5.70. The first-order chi connectivity index (χ1) is 14.7. The molecule has 2 aromatic heterocycles. The Morgan fingerprint density at radius 1 is 1.03 bits per heavy atom. The number of carbonyl (C=O) groups is 1. The van der Waals surface area contributed by atoms with Gasteiger partial charge in [-0.1, -0.05) is 30.3 Å². The number of hydrazone groups is 1. The van der Waals surface area contributed by atoms with E-state index in [1.165, 1.54) is 12.1 Å². The number of rotatable bonds is 6. The topological polar surface area (TPSA) is 72.2 Å². The van der Waals surface area contributed by atoms with Crippen LogP contribution in [0.1, 0.15) is 11.1 Å². The van der Waals surface area contributed by atoms with E-state index < -0.39 is 0 Å². The third-order valence-electron chi connectivity index (χ3n) is 4.39. The molecule has 148 valence electrons. The van der Waals surface area contributed by atoms with E-state index in [-0.39, 0.29) is 18.1 Å². The fourth-order valence-corrected chi connectivity index (χ4v) is 2.93. The maximum atomic E-state index is 13.0. The molecule has 4 aromatic rings. The summed E-state index contributed by atoms with van der Waals surface area (Å²) in [5, 5.41) is 8.75. The lowest BCUT2D eigenvalue weighted by atomic mass is 10.1. The van der Waals surface area contributed by atoms with Crippen LogP contribution in [0.25, 0.3) is 16.9 Å². The van der Waals surface area contributed by atoms with Crippen LogP contribution in [-0.4, -0.2) is 26.9 Å². The van der Waals surface area contributed by atoms with Crippen LogP contribution in [0.5, 0.6) is 0 Å². The van der Waals surface area contributed by atoms with Gasteiger partial charge in [0, 0.05) is 29.7 Å². The van der Waals surface area contributed by atoms with E-state index in [1.54, 1.807) is 35.4 Å². The van der Waals surface area contributed by atoms with Crippen LogP contribution in [0.15, 0.2) is 90.4 Å². The SMILES string of the molecule is O=C(Cc1ccc(F)cc1)N/N=C\c1cn(-c2ccccc2)nc1-c1ccncc1. The van der Waals surface area contributed by atoms with Crippen molar-refractivity contribution in [3.8, 4) is 16.9 Å². The van der Waals surface area contributed by atoms with Crippen molar-refractivity contribution in [2.45, 2.75) is 6.42 Å². The minimum atomic E-state index is -0.337. The molecule has 0 aliphatic heterocycles. The second kappa shape index (κ2) is 8.91. The summed E-state index contributed by atoms with van der Waals surface area (Å²) >= 11 is 0. The number of hydrogen-bond acceptors (Lipinski definition) is 4. The van der Waals surface area contributed by atoms with E-state index in [0.717, 1.165) is 22.5 Å². The highest BCUT2D eigenvalue weighted by Gasteiger charge is 2.11. The molecule has 0 fully saturated rings. The number of hydrogen-bond donors (Lipinski definition) is 1. The maximum absolute atomic E-state index is 13.0. The van der Waals surface area contributed by atoms with E-state index in [4.69, 9.17) is 0 Å². The molecule has 1 N–H and O–H groups in total. The van der Waals surface area contributed by atoms with Crippen molar-refractivity contribution in [2.24, 2.45) is 5.10 Å². The van der Waals surface area contributed by atoms with Gasteiger partial charge in [0.15, 0.2) is 0 Å². The third-order valence-corrected chi connectivity index (χ3v) is 4.39. The van der Waals surface area contributed by atoms with Gasteiger partial charge in [-0.15, -0.1) is 0 Å². The normalized spacial score (nSPS) is 11.0. The highest BCUT2D eigenvalue weighted by atomic mass is 19.1. The first-order valence-electron chi connectivity index (χ1n) is 9.31. The fraction of sp³-hybridized carbons (Fsp3) is 0.0435. The first kappa shape index (κ1) is 19.2. The van der Waals surface area contributed by atoms with Crippen molar-refractivity contribution in [2.75, 3.05) is 0 Å². The zero-order valence-electron chi connectivity index (χ0n) is 15.9. The van der Waals surface area contributed by atoms with Crippen LogP contribution in [-0.2, 0) is 11.2 Å². The second-order valence-electron chi connectivity index (χ2n) is 6.55. The summed E-state index contributed by atoms with van der Waals surface area (Å²) in [5.41, 5.74) is 6.48. The molecule has 6 nitrogen and oxygen atoms in total. The summed E-state index contributed by atoms with van der Waals surface area (Å²) < 4.78 is 14.7. The molecular formula is C23H18FN5O. The molecule has 0 radical (unpaired) electrons. The number of aromatic nitrogens is 3. The molecule has 4 rings (SSSR count). The van der Waals surface area contributed by atoms with Crippen LogP contribution in [0, 0.1) is 5.82 Å². The number of halogens is 1. The van der Waals surface area contributed by atoms with Crippen LogP contribution in [0.3, 0.4) is 0 Å². The molecule has 0 saturated heterocycles. The van der Waals surface area contributed by atoms with E-state index >= 15 is 0 Å². The predicted octanol–water partition coefficient (Wildman–Crippen LogP) is 3.77. The number of nitrogens with one attached hydrogen (secondary N) is 1. The summed E-state index contributed by atoms with van der Waals surface area (Å²) in [4.78, 5) is 16.2. The highest BCUT2D eigenvalue weighted by molar-refractivity contribution is 5.89. The van der Waals surface area contributed by atoms with Crippen molar-refractivity contribution in [3.05, 3.63) is 102 Å². The average molecular weight is 399 g/mol. The van der Waals surface area contributed by atoms with Gasteiger partial charge in [-0.3, -0.25) is 9.78 Å². The van der Waals surface area contributed by atoms with E-state index in [0.29, 0.717) is 5.56 Å². The number of nitrogens with zero attached hydrogens (tertiary/aromatic N) is 4. The summed E-state index contributed by atoms with van der Waals surface area (Å²) in [6.07, 6.45) is 6.91. The molecule has 30 heavy (non-hydrogen) atoms. The molecule has 2 aromatic carbocycles. The van der Waals surface area contributed by atoms with E-state index in [1.807, 2.05) is 48.7 Å². The zero-order valence-corrected chi connectivity index (χ0v) is 15.9. The molecule has 0 bridgehead atoms. The maximum Gasteiger partial charge on any atom is 0.244 e. The lowest BCUT2D eigenvalue weighted by molar-refractivity contribution is -0.120. The van der Waals surface area contributed by atoms with Crippen molar-refractivity contribution < 1.29 is 9.18 Å². The van der Waals surface area contributed by atoms with Crippen molar-refractivity contribution >= 4 is 12.1 Å². The van der Waals surface area contributed by atoms with Gasteiger partial charge < -0.3 is 0 Å². The fourth-order valence-electron chi connectivity index (χ4n) is 2.93. The van der Waals surface area contributed by atoms with Crippen molar-refractivity contribution in [1.29, 1.82) is 0 Å². The largest absolute Gasteiger partial charge is 0.273 e. The van der Waals surface area contributed by atoms with Gasteiger partial charge in [-0.25, -0.2) is 14.5 Å². The monoisotopic (exact) mass is 399 g/mol. The molecule has 1 amide bonds. The molecule has 0 unspecified atom stereocenters. The van der Waals surface area contributed by atoms with Crippen LogP contribution < -0.4 is 5.43 Å². The molecule has 0 aliphatic rings. The molecule has 0 atom stereocenters. The third kappa shape index (κ3) is 4.64. The van der Waals surface area contributed by atoms with Gasteiger partial charge in [-0.05, 0) is 42.0 Å². The van der Waals surface area contributed by atoms with E-state index in [2.05, 4.69) is 20.6 Å². The molecule has 2 heterocycles. The van der Waals surface area contributed by atoms with Gasteiger partial charge in [0.25, 0.3) is 0 Å². The summed E-state index contributed by atoms with van der Waals surface area (Å²) in [5.74, 6) is -0.630. The Morgan fingerprint density at radius 2 is 1.77 bits per heavy atom. The minimum Gasteiger partial charge on any atom is -0.273 e. The average Bonchev–Trinajstić information content (AvgIpc) is 3.21. The van der Waals surface area contributed by atoms with Crippen LogP contribution in [0.4, 0.5) is 4.39 Å². The van der Waals surface area contributed by atoms with Crippen molar-refractivity contribution in [1.82, 2.24) is 20.2 Å². The summed E-state index contributed by atoms with van der Waals surface area (Å²) in [6.45, 7) is 0. The Balaban J connectivity index is 1.54. The quantitative estimate of drug-likeness (QED) is 0.396. The lowest BCUT2D eigenvalue weighted by Gasteiger charge is -2.01. The summed E-state index contributed by atoms with van der Waals surface area (Å²) in [6, 6.07) is 19.2. The first-order valence-corrected chi connectivity index (χ1v) is 9.31. The van der Waals surface area contributed by atoms with Gasteiger partial charge in [0.05, 0.1) is 18.3 Å². The Labute approximate surface area is 172 Å². The lowest BCUT2D eigenvalue weighted by Crippen LogP contribution is -2.19. The standard InChI is InChI=1S/C23H18FN5O/c24-20-8-6-17(7-9-20)14-22(30)27-26-15-19-16-29(21-4-2-1-3-5-21)28-23(19)18-10-12-25-13-11-18/h1-13,15-16H,14H2,(H,27,30)/b26-15-. The van der Waals surface area contributed by atoms with Gasteiger partial charge >= 0.3 is 0 Å². The zero-order chi connectivity index (χ0) is 20.8. The van der Waals surface area contributed by atoms with E-state index in [9.17, 15) is 9.18 Å². The van der Waals surface area contributed by atoms with Gasteiger partial charge in [-0.2, -0.15) is 10.2 Å². The number of pyridine rings is 1. The van der Waals surface area contributed by atoms with Crippen molar-refractivity contribution in [3.63, 3.8) is 0 Å². The molecule has 7 heteroatoms. The Bertz CT molecular complexity index is 1160. The van der Waals surface area contributed by atoms with Crippen LogP contribution in [0.2, 0.25) is 0 Å². The number of para-hydroxylation sites is 1.